The lowest BCUT2D eigenvalue weighted by molar-refractivity contribution is 0.242. The molecule has 0 radical (unpaired) electrons. The van der Waals surface area contributed by atoms with Gasteiger partial charge in [-0.1, -0.05) is 6.07 Å². The Morgan fingerprint density at radius 3 is 2.84 bits per heavy atom. The van der Waals surface area contributed by atoms with Gasteiger partial charge in [-0.2, -0.15) is 0 Å². The Labute approximate surface area is 113 Å². The van der Waals surface area contributed by atoms with Crippen LogP contribution in [0.15, 0.2) is 30.6 Å². The van der Waals surface area contributed by atoms with Crippen molar-refractivity contribution < 1.29 is 0 Å². The summed E-state index contributed by atoms with van der Waals surface area (Å²) in [7, 11) is 0. The van der Waals surface area contributed by atoms with E-state index in [1.165, 1.54) is 0 Å². The Kier molecular flexibility index (Phi) is 3.86. The first-order valence-corrected chi connectivity index (χ1v) is 6.80. The predicted octanol–water partition coefficient (Wildman–Crippen LogP) is 0.919. The number of H-pyrrole nitrogens is 1. The number of aromatic amines is 1. The second-order valence-corrected chi connectivity index (χ2v) is 4.80. The van der Waals surface area contributed by atoms with Gasteiger partial charge in [0.05, 0.1) is 17.6 Å². The lowest BCUT2D eigenvalue weighted by Gasteiger charge is -2.26. The third kappa shape index (κ3) is 3.19. The molecule has 19 heavy (non-hydrogen) atoms. The molecule has 0 saturated carbocycles. The van der Waals surface area contributed by atoms with Gasteiger partial charge in [-0.15, -0.1) is 0 Å². The van der Waals surface area contributed by atoms with Crippen molar-refractivity contribution in [2.45, 2.75) is 6.42 Å². The molecule has 2 aromatic rings. The third-order valence-electron chi connectivity index (χ3n) is 3.44. The van der Waals surface area contributed by atoms with Crippen molar-refractivity contribution in [1.82, 2.24) is 25.2 Å². The van der Waals surface area contributed by atoms with Crippen molar-refractivity contribution >= 4 is 0 Å². The molecule has 0 bridgehead atoms. The largest absolute Gasteiger partial charge is 0.341 e. The van der Waals surface area contributed by atoms with Gasteiger partial charge in [-0.3, -0.25) is 4.98 Å². The summed E-state index contributed by atoms with van der Waals surface area (Å²) in [4.78, 5) is 14.6. The van der Waals surface area contributed by atoms with Gasteiger partial charge >= 0.3 is 0 Å². The van der Waals surface area contributed by atoms with Crippen molar-refractivity contribution in [3.8, 4) is 11.4 Å². The Hall–Kier alpha value is -1.72. The summed E-state index contributed by atoms with van der Waals surface area (Å²) in [6.45, 7) is 5.52. The molecule has 2 aromatic heterocycles. The fourth-order valence-electron chi connectivity index (χ4n) is 2.34. The van der Waals surface area contributed by atoms with Crippen LogP contribution in [0.2, 0.25) is 0 Å². The van der Waals surface area contributed by atoms with E-state index in [1.54, 1.807) is 6.20 Å². The van der Waals surface area contributed by atoms with E-state index in [4.69, 9.17) is 0 Å². The maximum Gasteiger partial charge on any atom is 0.107 e. The normalized spacial score (nSPS) is 16.6. The Morgan fingerprint density at radius 1 is 1.16 bits per heavy atom. The SMILES string of the molecule is c1ccc(-c2cnc(CCN3CCNCC3)[nH]2)nc1. The number of piperazine rings is 1. The first-order chi connectivity index (χ1) is 9.42. The van der Waals surface area contributed by atoms with E-state index in [0.29, 0.717) is 0 Å². The summed E-state index contributed by atoms with van der Waals surface area (Å²) in [5.74, 6) is 1.04. The minimum Gasteiger partial charge on any atom is -0.341 e. The van der Waals surface area contributed by atoms with Gasteiger partial charge in [0.2, 0.25) is 0 Å². The van der Waals surface area contributed by atoms with Crippen LogP contribution >= 0.6 is 0 Å². The Bertz CT molecular complexity index is 502. The Balaban J connectivity index is 1.59. The first-order valence-electron chi connectivity index (χ1n) is 6.80. The lowest BCUT2D eigenvalue weighted by atomic mass is 10.3. The smallest absolute Gasteiger partial charge is 0.107 e. The molecule has 5 heteroatoms. The van der Waals surface area contributed by atoms with Crippen molar-refractivity contribution in [2.24, 2.45) is 0 Å². The van der Waals surface area contributed by atoms with Crippen molar-refractivity contribution in [3.05, 3.63) is 36.4 Å². The minimum absolute atomic E-state index is 0.948. The van der Waals surface area contributed by atoms with Gasteiger partial charge in [0.25, 0.3) is 0 Å². The van der Waals surface area contributed by atoms with E-state index in [9.17, 15) is 0 Å². The molecular weight excluding hydrogens is 238 g/mol. The van der Waals surface area contributed by atoms with E-state index >= 15 is 0 Å². The summed E-state index contributed by atoms with van der Waals surface area (Å²) in [6.07, 6.45) is 4.64. The maximum atomic E-state index is 4.44. The van der Waals surface area contributed by atoms with Crippen molar-refractivity contribution in [1.29, 1.82) is 0 Å². The molecule has 1 aliphatic heterocycles. The zero-order valence-corrected chi connectivity index (χ0v) is 11.0. The number of nitrogens with one attached hydrogen (secondary N) is 2. The number of hydrogen-bond donors (Lipinski definition) is 2. The van der Waals surface area contributed by atoms with Gasteiger partial charge in [-0.05, 0) is 12.1 Å². The molecule has 0 unspecified atom stereocenters. The van der Waals surface area contributed by atoms with Crippen LogP contribution in [-0.2, 0) is 6.42 Å². The van der Waals surface area contributed by atoms with E-state index in [0.717, 1.165) is 56.4 Å². The molecule has 0 aromatic carbocycles. The second-order valence-electron chi connectivity index (χ2n) is 4.80. The van der Waals surface area contributed by atoms with Gasteiger partial charge < -0.3 is 15.2 Å². The molecule has 0 amide bonds. The lowest BCUT2D eigenvalue weighted by Crippen LogP contribution is -2.44. The van der Waals surface area contributed by atoms with Crippen LogP contribution < -0.4 is 5.32 Å². The number of imidazole rings is 1. The van der Waals surface area contributed by atoms with E-state index < -0.39 is 0 Å². The molecule has 1 fully saturated rings. The van der Waals surface area contributed by atoms with Crippen LogP contribution in [0, 0.1) is 0 Å². The van der Waals surface area contributed by atoms with E-state index in [2.05, 4.69) is 25.2 Å². The van der Waals surface area contributed by atoms with Crippen molar-refractivity contribution in [2.75, 3.05) is 32.7 Å². The molecule has 1 saturated heterocycles. The molecule has 0 atom stereocenters. The second kappa shape index (κ2) is 5.95. The zero-order valence-electron chi connectivity index (χ0n) is 11.0. The van der Waals surface area contributed by atoms with Gasteiger partial charge in [-0.25, -0.2) is 4.98 Å². The van der Waals surface area contributed by atoms with Crippen LogP contribution in [0.3, 0.4) is 0 Å². The number of pyridine rings is 1. The molecular formula is C14H19N5. The fourth-order valence-corrected chi connectivity index (χ4v) is 2.34. The number of nitrogens with zero attached hydrogens (tertiary/aromatic N) is 3. The third-order valence-corrected chi connectivity index (χ3v) is 3.44. The summed E-state index contributed by atoms with van der Waals surface area (Å²) in [5, 5.41) is 3.37. The van der Waals surface area contributed by atoms with Crippen LogP contribution in [0.4, 0.5) is 0 Å². The zero-order chi connectivity index (χ0) is 12.9. The molecule has 2 N–H and O–H groups in total. The average molecular weight is 257 g/mol. The molecule has 3 heterocycles. The van der Waals surface area contributed by atoms with E-state index in [1.807, 2.05) is 24.4 Å². The summed E-state index contributed by atoms with van der Waals surface area (Å²) < 4.78 is 0. The van der Waals surface area contributed by atoms with Gasteiger partial charge in [0.15, 0.2) is 0 Å². The fraction of sp³-hybridized carbons (Fsp3) is 0.429. The number of hydrogen-bond acceptors (Lipinski definition) is 4. The van der Waals surface area contributed by atoms with Crippen LogP contribution in [0.1, 0.15) is 5.82 Å². The quantitative estimate of drug-likeness (QED) is 0.855. The molecule has 3 rings (SSSR count). The topological polar surface area (TPSA) is 56.8 Å². The van der Waals surface area contributed by atoms with Crippen LogP contribution in [0.5, 0.6) is 0 Å². The highest BCUT2D eigenvalue weighted by molar-refractivity contribution is 5.52. The predicted molar refractivity (Wildman–Crippen MR) is 74.8 cm³/mol. The summed E-state index contributed by atoms with van der Waals surface area (Å²) in [5.41, 5.74) is 1.94. The van der Waals surface area contributed by atoms with Crippen LogP contribution in [0.25, 0.3) is 11.4 Å². The molecule has 0 aliphatic carbocycles. The molecule has 1 aliphatic rings. The summed E-state index contributed by atoms with van der Waals surface area (Å²) in [6, 6.07) is 5.91. The highest BCUT2D eigenvalue weighted by Gasteiger charge is 2.10. The standard InChI is InChI=1S/C14H19N5/c1-2-5-16-12(3-1)13-11-17-14(18-13)4-8-19-9-6-15-7-10-19/h1-3,5,11,15H,4,6-10H2,(H,17,18). The van der Waals surface area contributed by atoms with Crippen LogP contribution in [-0.4, -0.2) is 52.6 Å². The number of aromatic nitrogens is 3. The Morgan fingerprint density at radius 2 is 2.05 bits per heavy atom. The summed E-state index contributed by atoms with van der Waals surface area (Å²) >= 11 is 0. The van der Waals surface area contributed by atoms with Gasteiger partial charge in [0, 0.05) is 45.3 Å². The maximum absolute atomic E-state index is 4.44. The van der Waals surface area contributed by atoms with Gasteiger partial charge in [0.1, 0.15) is 5.82 Å². The molecule has 100 valence electrons. The highest BCUT2D eigenvalue weighted by atomic mass is 15.2. The monoisotopic (exact) mass is 257 g/mol. The average Bonchev–Trinajstić information content (AvgIpc) is 2.96. The first kappa shape index (κ1) is 12.3. The number of rotatable bonds is 4. The molecule has 5 nitrogen and oxygen atoms in total. The van der Waals surface area contributed by atoms with Crippen molar-refractivity contribution in [3.63, 3.8) is 0 Å². The molecule has 0 spiro atoms. The highest BCUT2D eigenvalue weighted by Crippen LogP contribution is 2.13. The van der Waals surface area contributed by atoms with E-state index in [-0.39, 0.29) is 0 Å². The minimum atomic E-state index is 0.948.